The summed E-state index contributed by atoms with van der Waals surface area (Å²) in [5.74, 6) is 0.742. The highest BCUT2D eigenvalue weighted by molar-refractivity contribution is 9.10. The van der Waals surface area contributed by atoms with Crippen LogP contribution in [0, 0.1) is 0 Å². The highest BCUT2D eigenvalue weighted by Crippen LogP contribution is 2.29. The highest BCUT2D eigenvalue weighted by atomic mass is 79.9. The van der Waals surface area contributed by atoms with Crippen LogP contribution < -0.4 is 5.63 Å². The third-order valence-corrected chi connectivity index (χ3v) is 6.24. The Morgan fingerprint density at radius 2 is 2.00 bits per heavy atom. The summed E-state index contributed by atoms with van der Waals surface area (Å²) in [7, 11) is 0. The summed E-state index contributed by atoms with van der Waals surface area (Å²) in [5.41, 5.74) is 3.71. The van der Waals surface area contributed by atoms with E-state index in [0.29, 0.717) is 29.3 Å². The van der Waals surface area contributed by atoms with Crippen molar-refractivity contribution in [3.63, 3.8) is 0 Å². The lowest BCUT2D eigenvalue weighted by atomic mass is 10.1. The smallest absolute Gasteiger partial charge is 0.342 e. The first kappa shape index (κ1) is 19.4. The van der Waals surface area contributed by atoms with Crippen molar-refractivity contribution in [1.29, 1.82) is 0 Å². The monoisotopic (exact) mass is 481 g/mol. The van der Waals surface area contributed by atoms with Crippen LogP contribution in [0.2, 0.25) is 5.02 Å². The molecule has 0 aliphatic carbocycles. The molecule has 3 heterocycles. The van der Waals surface area contributed by atoms with E-state index in [9.17, 15) is 4.79 Å². The molecule has 150 valence electrons. The molecule has 1 aliphatic rings. The zero-order valence-electron chi connectivity index (χ0n) is 15.9. The van der Waals surface area contributed by atoms with Crippen molar-refractivity contribution in [2.24, 2.45) is 0 Å². The summed E-state index contributed by atoms with van der Waals surface area (Å²) >= 11 is 10.0. The fourth-order valence-corrected chi connectivity index (χ4v) is 4.42. The third-order valence-electron chi connectivity index (χ3n) is 5.32. The number of fused-ring (bicyclic) bond motifs is 2. The van der Waals surface area contributed by atoms with Crippen molar-refractivity contribution in [1.82, 2.24) is 14.9 Å². The van der Waals surface area contributed by atoms with E-state index < -0.39 is 5.63 Å². The Bertz CT molecular complexity index is 1310. The Balaban J connectivity index is 1.41. The Morgan fingerprint density at radius 1 is 1.17 bits per heavy atom. The molecule has 0 spiro atoms. The summed E-state index contributed by atoms with van der Waals surface area (Å²) in [6.45, 7) is 1.87. The Labute approximate surface area is 186 Å². The van der Waals surface area contributed by atoms with E-state index in [4.69, 9.17) is 21.0 Å². The van der Waals surface area contributed by atoms with Gasteiger partial charge in [0.1, 0.15) is 5.58 Å². The number of halogens is 2. The van der Waals surface area contributed by atoms with Gasteiger partial charge in [-0.3, -0.25) is 4.90 Å². The first-order valence-electron chi connectivity index (χ1n) is 9.62. The van der Waals surface area contributed by atoms with Crippen LogP contribution >= 0.6 is 27.5 Å². The molecule has 0 amide bonds. The molecule has 1 aliphatic heterocycles. The average molecular weight is 483 g/mol. The van der Waals surface area contributed by atoms with E-state index in [-0.39, 0.29) is 0 Å². The van der Waals surface area contributed by atoms with Crippen molar-refractivity contribution in [3.8, 4) is 11.4 Å². The van der Waals surface area contributed by atoms with Gasteiger partial charge in [-0.05, 0) is 18.2 Å². The lowest BCUT2D eigenvalue weighted by Crippen LogP contribution is -2.32. The van der Waals surface area contributed by atoms with Crippen molar-refractivity contribution in [3.05, 3.63) is 91.5 Å². The van der Waals surface area contributed by atoms with Gasteiger partial charge >= 0.3 is 5.63 Å². The molecule has 0 radical (unpaired) electrons. The maximum atomic E-state index is 12.5. The van der Waals surface area contributed by atoms with Crippen molar-refractivity contribution in [2.45, 2.75) is 19.5 Å². The Morgan fingerprint density at radius 3 is 2.83 bits per heavy atom. The van der Waals surface area contributed by atoms with Crippen molar-refractivity contribution in [2.75, 3.05) is 6.54 Å². The molecule has 4 aromatic rings. The SMILES string of the molecule is O=c1oc2ccc(Br)cc2c(Cl)c1CN1CCc2nc(-c3ccccc3)ncc2C1. The topological polar surface area (TPSA) is 59.2 Å². The average Bonchev–Trinajstić information content (AvgIpc) is 2.77. The van der Waals surface area contributed by atoms with Gasteiger partial charge in [0.15, 0.2) is 5.82 Å². The third kappa shape index (κ3) is 3.67. The minimum absolute atomic E-state index is 0.392. The van der Waals surface area contributed by atoms with Gasteiger partial charge in [0.25, 0.3) is 0 Å². The van der Waals surface area contributed by atoms with E-state index in [0.717, 1.165) is 45.5 Å². The molecule has 0 fully saturated rings. The molecule has 0 saturated heterocycles. The van der Waals surface area contributed by atoms with Crippen LogP contribution in [0.3, 0.4) is 0 Å². The zero-order valence-corrected chi connectivity index (χ0v) is 18.3. The van der Waals surface area contributed by atoms with Gasteiger partial charge in [-0.15, -0.1) is 0 Å². The zero-order chi connectivity index (χ0) is 20.7. The predicted molar refractivity (Wildman–Crippen MR) is 120 cm³/mol. The number of benzene rings is 2. The molecule has 0 atom stereocenters. The molecule has 0 saturated carbocycles. The van der Waals surface area contributed by atoms with Gasteiger partial charge in [0.05, 0.1) is 16.3 Å². The van der Waals surface area contributed by atoms with Gasteiger partial charge in [0, 0.05) is 53.2 Å². The summed E-state index contributed by atoms with van der Waals surface area (Å²) in [6.07, 6.45) is 2.68. The van der Waals surface area contributed by atoms with E-state index in [2.05, 4.69) is 25.8 Å². The van der Waals surface area contributed by atoms with Gasteiger partial charge in [-0.2, -0.15) is 0 Å². The number of hydrogen-bond donors (Lipinski definition) is 0. The lowest BCUT2D eigenvalue weighted by Gasteiger charge is -2.28. The number of hydrogen-bond acceptors (Lipinski definition) is 5. The van der Waals surface area contributed by atoms with E-state index in [1.165, 1.54) is 0 Å². The first-order chi connectivity index (χ1) is 14.6. The summed E-state index contributed by atoms with van der Waals surface area (Å²) in [6, 6.07) is 15.4. The summed E-state index contributed by atoms with van der Waals surface area (Å²) < 4.78 is 6.38. The Hall–Kier alpha value is -2.54. The second kappa shape index (κ2) is 7.95. The number of rotatable bonds is 3. The Kier molecular flexibility index (Phi) is 5.15. The minimum Gasteiger partial charge on any atom is -0.422 e. The van der Waals surface area contributed by atoms with E-state index >= 15 is 0 Å². The molecule has 0 unspecified atom stereocenters. The molecular weight excluding hydrogens is 466 g/mol. The molecule has 5 rings (SSSR count). The molecular formula is C23H17BrClN3O2. The van der Waals surface area contributed by atoms with Gasteiger partial charge < -0.3 is 4.42 Å². The van der Waals surface area contributed by atoms with Gasteiger partial charge in [-0.25, -0.2) is 14.8 Å². The molecule has 5 nitrogen and oxygen atoms in total. The van der Waals surface area contributed by atoms with Gasteiger partial charge in [0.2, 0.25) is 0 Å². The second-order valence-corrected chi connectivity index (χ2v) is 8.61. The van der Waals surface area contributed by atoms with Gasteiger partial charge in [-0.1, -0.05) is 57.9 Å². The quantitative estimate of drug-likeness (QED) is 0.375. The normalized spacial score (nSPS) is 14.1. The van der Waals surface area contributed by atoms with E-state index in [1.807, 2.05) is 48.7 Å². The molecule has 7 heteroatoms. The standard InChI is InChI=1S/C23H17BrClN3O2/c24-16-6-7-20-17(10-16)21(25)18(23(29)30-20)13-28-9-8-19-15(12-28)11-26-22(27-19)14-4-2-1-3-5-14/h1-7,10-11H,8-9,12-13H2. The van der Waals surface area contributed by atoms with Crippen molar-refractivity contribution >= 4 is 38.5 Å². The molecule has 2 aromatic carbocycles. The molecule has 30 heavy (non-hydrogen) atoms. The number of nitrogens with zero attached hydrogens (tertiary/aromatic N) is 3. The molecule has 2 aromatic heterocycles. The van der Waals surface area contributed by atoms with Crippen LogP contribution in [0.25, 0.3) is 22.4 Å². The summed E-state index contributed by atoms with van der Waals surface area (Å²) in [5, 5.41) is 1.18. The van der Waals surface area contributed by atoms with Crippen LogP contribution in [0.1, 0.15) is 16.8 Å². The van der Waals surface area contributed by atoms with Crippen LogP contribution in [0.5, 0.6) is 0 Å². The summed E-state index contributed by atoms with van der Waals surface area (Å²) in [4.78, 5) is 24.0. The van der Waals surface area contributed by atoms with E-state index in [1.54, 1.807) is 6.07 Å². The highest BCUT2D eigenvalue weighted by Gasteiger charge is 2.22. The predicted octanol–water partition coefficient (Wildman–Crippen LogP) is 5.22. The largest absolute Gasteiger partial charge is 0.422 e. The van der Waals surface area contributed by atoms with Crippen LogP contribution in [-0.2, 0) is 19.5 Å². The fraction of sp³-hybridized carbons (Fsp3) is 0.174. The molecule has 0 bridgehead atoms. The lowest BCUT2D eigenvalue weighted by molar-refractivity contribution is 0.240. The maximum Gasteiger partial charge on any atom is 0.342 e. The fourth-order valence-electron chi connectivity index (χ4n) is 3.77. The first-order valence-corrected chi connectivity index (χ1v) is 10.8. The minimum atomic E-state index is -0.392. The van der Waals surface area contributed by atoms with Crippen LogP contribution in [0.15, 0.2) is 68.4 Å². The number of aromatic nitrogens is 2. The second-order valence-electron chi connectivity index (χ2n) is 7.31. The van der Waals surface area contributed by atoms with Crippen LogP contribution in [0.4, 0.5) is 0 Å². The maximum absolute atomic E-state index is 12.5. The molecule has 0 N–H and O–H groups in total. The van der Waals surface area contributed by atoms with Crippen molar-refractivity contribution < 1.29 is 4.42 Å². The van der Waals surface area contributed by atoms with Crippen LogP contribution in [-0.4, -0.2) is 21.4 Å².